The first-order valence-electron chi connectivity index (χ1n) is 13.6. The summed E-state index contributed by atoms with van der Waals surface area (Å²) in [5, 5.41) is 12.1. The van der Waals surface area contributed by atoms with E-state index in [1.54, 1.807) is 13.2 Å². The Kier molecular flexibility index (Phi) is 9.76. The van der Waals surface area contributed by atoms with Crippen LogP contribution in [0.4, 0.5) is 8.78 Å². The van der Waals surface area contributed by atoms with Crippen molar-refractivity contribution in [2.24, 2.45) is 0 Å². The van der Waals surface area contributed by atoms with E-state index in [9.17, 15) is 0 Å². The quantitative estimate of drug-likeness (QED) is 0.199. The van der Waals surface area contributed by atoms with Gasteiger partial charge < -0.3 is 24.8 Å². The minimum absolute atomic E-state index is 0.0289. The topological polar surface area (TPSA) is 54.0 Å². The summed E-state index contributed by atoms with van der Waals surface area (Å²) in [6.07, 6.45) is 0. The number of halogens is 2. The Morgan fingerprint density at radius 3 is 1.66 bits per heavy atom. The highest BCUT2D eigenvalue weighted by molar-refractivity contribution is 5.84. The van der Waals surface area contributed by atoms with E-state index in [0.717, 1.165) is 38.9 Å². The number of rotatable bonds is 11. The SMILES string of the molecule is COc1cc(-c2cccc(-c3cccc(-c4cc(F)c(CN(C)C)c(OC)c4)c3C)c2C)cc(F)c1CNCCO. The summed E-state index contributed by atoms with van der Waals surface area (Å²) in [6.45, 7) is 5.08. The molecule has 0 heterocycles. The fourth-order valence-corrected chi connectivity index (χ4v) is 5.31. The summed E-state index contributed by atoms with van der Waals surface area (Å²) >= 11 is 0. The lowest BCUT2D eigenvalue weighted by atomic mass is 9.87. The van der Waals surface area contributed by atoms with E-state index in [-0.39, 0.29) is 24.8 Å². The molecule has 4 aromatic carbocycles. The third-order valence-electron chi connectivity index (χ3n) is 7.39. The molecule has 0 aliphatic carbocycles. The number of ether oxygens (including phenoxy) is 2. The molecular formula is C34H38F2N2O3. The zero-order valence-electron chi connectivity index (χ0n) is 24.6. The maximum absolute atomic E-state index is 15.3. The Balaban J connectivity index is 1.78. The normalized spacial score (nSPS) is 11.3. The first-order chi connectivity index (χ1) is 19.7. The fraction of sp³-hybridized carbons (Fsp3) is 0.294. The monoisotopic (exact) mass is 560 g/mol. The molecule has 0 spiro atoms. The van der Waals surface area contributed by atoms with E-state index in [2.05, 4.69) is 11.4 Å². The van der Waals surface area contributed by atoms with Crippen molar-refractivity contribution in [3.8, 4) is 44.9 Å². The van der Waals surface area contributed by atoms with Gasteiger partial charge in [-0.3, -0.25) is 0 Å². The summed E-state index contributed by atoms with van der Waals surface area (Å²) in [7, 11) is 6.88. The van der Waals surface area contributed by atoms with Crippen molar-refractivity contribution < 1.29 is 23.4 Å². The van der Waals surface area contributed by atoms with Crippen molar-refractivity contribution in [1.82, 2.24) is 10.2 Å². The number of nitrogens with zero attached hydrogens (tertiary/aromatic N) is 1. The van der Waals surface area contributed by atoms with E-state index in [0.29, 0.717) is 41.3 Å². The van der Waals surface area contributed by atoms with E-state index in [1.807, 2.05) is 75.3 Å². The second-order valence-electron chi connectivity index (χ2n) is 10.4. The van der Waals surface area contributed by atoms with Crippen LogP contribution in [0.2, 0.25) is 0 Å². The predicted octanol–water partition coefficient (Wildman–Crippen LogP) is 6.74. The van der Waals surface area contributed by atoms with Gasteiger partial charge in [-0.1, -0.05) is 36.4 Å². The standard InChI is InChI=1S/C34H38F2N2O3/c1-21-25(23-15-31(35)29(19-37-13-14-39)33(17-23)40-5)9-7-11-27(21)28-12-8-10-26(22(28)2)24-16-32(36)30(20-38(3)4)34(18-24)41-6/h7-12,15-18,37,39H,13-14,19-20H2,1-6H3. The number of nitrogens with one attached hydrogen (secondary N) is 1. The Labute approximate surface area is 241 Å². The van der Waals surface area contributed by atoms with Crippen molar-refractivity contribution >= 4 is 0 Å². The van der Waals surface area contributed by atoms with Crippen LogP contribution >= 0.6 is 0 Å². The second kappa shape index (κ2) is 13.3. The Morgan fingerprint density at radius 1 is 0.732 bits per heavy atom. The molecule has 2 N–H and O–H groups in total. The minimum atomic E-state index is -0.374. The summed E-state index contributed by atoms with van der Waals surface area (Å²) in [5.74, 6) is 0.285. The van der Waals surface area contributed by atoms with E-state index < -0.39 is 0 Å². The van der Waals surface area contributed by atoms with Gasteiger partial charge in [-0.2, -0.15) is 0 Å². The maximum atomic E-state index is 15.3. The fourth-order valence-electron chi connectivity index (χ4n) is 5.31. The third kappa shape index (κ3) is 6.43. The molecule has 7 heteroatoms. The highest BCUT2D eigenvalue weighted by Gasteiger charge is 2.18. The van der Waals surface area contributed by atoms with E-state index in [1.165, 1.54) is 13.2 Å². The molecule has 0 amide bonds. The van der Waals surface area contributed by atoms with Gasteiger partial charge in [0.25, 0.3) is 0 Å². The third-order valence-corrected chi connectivity index (χ3v) is 7.39. The first-order valence-corrected chi connectivity index (χ1v) is 13.6. The van der Waals surface area contributed by atoms with Gasteiger partial charge in [0.15, 0.2) is 0 Å². The average molecular weight is 561 g/mol. The molecule has 5 nitrogen and oxygen atoms in total. The molecule has 4 rings (SSSR count). The number of aliphatic hydroxyl groups excluding tert-OH is 1. The smallest absolute Gasteiger partial charge is 0.132 e. The summed E-state index contributed by atoms with van der Waals surface area (Å²) in [4.78, 5) is 1.91. The number of methoxy groups -OCH3 is 2. The van der Waals surface area contributed by atoms with Crippen LogP contribution in [0.1, 0.15) is 22.3 Å². The second-order valence-corrected chi connectivity index (χ2v) is 10.4. The lowest BCUT2D eigenvalue weighted by molar-refractivity contribution is 0.291. The van der Waals surface area contributed by atoms with E-state index in [4.69, 9.17) is 14.6 Å². The molecule has 0 bridgehead atoms. The number of benzene rings is 4. The first kappa shape index (κ1) is 30.2. The van der Waals surface area contributed by atoms with Gasteiger partial charge in [0.05, 0.1) is 20.8 Å². The van der Waals surface area contributed by atoms with Gasteiger partial charge in [0, 0.05) is 30.8 Å². The molecule has 4 aromatic rings. The Bertz CT molecular complexity index is 1540. The van der Waals surface area contributed by atoms with Gasteiger partial charge >= 0.3 is 0 Å². The Hall–Kier alpha value is -3.78. The maximum Gasteiger partial charge on any atom is 0.132 e. The Morgan fingerprint density at radius 2 is 1.20 bits per heavy atom. The molecule has 0 aliphatic rings. The van der Waals surface area contributed by atoms with Gasteiger partial charge in [-0.25, -0.2) is 8.78 Å². The van der Waals surface area contributed by atoms with Crippen LogP contribution in [0, 0.1) is 25.5 Å². The molecular weight excluding hydrogens is 522 g/mol. The zero-order valence-corrected chi connectivity index (χ0v) is 24.6. The molecule has 0 fully saturated rings. The van der Waals surface area contributed by atoms with Crippen LogP contribution in [0.3, 0.4) is 0 Å². The molecule has 41 heavy (non-hydrogen) atoms. The molecule has 0 radical (unpaired) electrons. The number of hydrogen-bond acceptors (Lipinski definition) is 5. The summed E-state index contributed by atoms with van der Waals surface area (Å²) in [5.41, 5.74) is 8.21. The highest BCUT2D eigenvalue weighted by atomic mass is 19.1. The molecule has 0 aliphatic heterocycles. The molecule has 0 saturated heterocycles. The average Bonchev–Trinajstić information content (AvgIpc) is 2.95. The lowest BCUT2D eigenvalue weighted by Crippen LogP contribution is -2.18. The number of hydrogen-bond donors (Lipinski definition) is 2. The molecule has 0 unspecified atom stereocenters. The summed E-state index contributed by atoms with van der Waals surface area (Å²) in [6, 6.07) is 18.8. The van der Waals surface area contributed by atoms with E-state index >= 15 is 8.78 Å². The van der Waals surface area contributed by atoms with Crippen molar-refractivity contribution in [3.63, 3.8) is 0 Å². The lowest BCUT2D eigenvalue weighted by Gasteiger charge is -2.19. The van der Waals surface area contributed by atoms with Gasteiger partial charge in [-0.05, 0) is 96.7 Å². The molecule has 0 atom stereocenters. The van der Waals surface area contributed by atoms with Gasteiger partial charge in [-0.15, -0.1) is 0 Å². The minimum Gasteiger partial charge on any atom is -0.496 e. The van der Waals surface area contributed by atoms with Crippen LogP contribution in [-0.4, -0.2) is 51.5 Å². The van der Waals surface area contributed by atoms with Crippen LogP contribution in [0.25, 0.3) is 33.4 Å². The van der Waals surface area contributed by atoms with Gasteiger partial charge in [0.2, 0.25) is 0 Å². The number of aliphatic hydroxyl groups is 1. The zero-order chi connectivity index (χ0) is 29.7. The summed E-state index contributed by atoms with van der Waals surface area (Å²) < 4.78 is 41.6. The van der Waals surface area contributed by atoms with Crippen LogP contribution in [0.5, 0.6) is 11.5 Å². The highest BCUT2D eigenvalue weighted by Crippen LogP contribution is 2.39. The van der Waals surface area contributed by atoms with Crippen molar-refractivity contribution in [2.45, 2.75) is 26.9 Å². The van der Waals surface area contributed by atoms with Crippen molar-refractivity contribution in [2.75, 3.05) is 41.5 Å². The molecule has 0 saturated carbocycles. The largest absolute Gasteiger partial charge is 0.496 e. The molecule has 216 valence electrons. The predicted molar refractivity (Wildman–Crippen MR) is 161 cm³/mol. The van der Waals surface area contributed by atoms with Crippen LogP contribution in [-0.2, 0) is 13.1 Å². The van der Waals surface area contributed by atoms with Crippen molar-refractivity contribution in [3.05, 3.63) is 94.6 Å². The van der Waals surface area contributed by atoms with Crippen molar-refractivity contribution in [1.29, 1.82) is 0 Å². The molecule has 0 aromatic heterocycles. The van der Waals surface area contributed by atoms with Crippen LogP contribution < -0.4 is 14.8 Å². The van der Waals surface area contributed by atoms with Crippen LogP contribution in [0.15, 0.2) is 60.7 Å². The van der Waals surface area contributed by atoms with Gasteiger partial charge in [0.1, 0.15) is 23.1 Å².